The fourth-order valence-corrected chi connectivity index (χ4v) is 4.99. The number of aromatic nitrogens is 1. The van der Waals surface area contributed by atoms with E-state index in [1.807, 2.05) is 0 Å². The lowest BCUT2D eigenvalue weighted by atomic mass is 9.90. The van der Waals surface area contributed by atoms with Crippen molar-refractivity contribution in [2.45, 2.75) is 37.5 Å². The van der Waals surface area contributed by atoms with Crippen LogP contribution in [0.15, 0.2) is 41.5 Å². The number of amidine groups is 1. The second-order valence-corrected chi connectivity index (χ2v) is 10.8. The summed E-state index contributed by atoms with van der Waals surface area (Å²) in [6, 6.07) is 7.22. The third-order valence-corrected chi connectivity index (χ3v) is 8.15. The minimum atomic E-state index is -3.68. The topological polar surface area (TPSA) is 102 Å². The van der Waals surface area contributed by atoms with Gasteiger partial charge in [0.15, 0.2) is 15.6 Å². The van der Waals surface area contributed by atoms with E-state index in [9.17, 15) is 17.6 Å². The van der Waals surface area contributed by atoms with Crippen LogP contribution in [0, 0.1) is 5.82 Å². The fourth-order valence-electron chi connectivity index (χ4n) is 3.19. The summed E-state index contributed by atoms with van der Waals surface area (Å²) < 4.78 is 38.8. The van der Waals surface area contributed by atoms with Gasteiger partial charge in [-0.2, -0.15) is 0 Å². The Morgan fingerprint density at radius 1 is 1.24 bits per heavy atom. The molecule has 1 aromatic heterocycles. The zero-order valence-corrected chi connectivity index (χ0v) is 17.8. The van der Waals surface area contributed by atoms with Crippen molar-refractivity contribution in [3.05, 3.63) is 64.2 Å². The largest absolute Gasteiger partial charge is 0.386 e. The summed E-state index contributed by atoms with van der Waals surface area (Å²) in [5.41, 5.74) is 5.37. The van der Waals surface area contributed by atoms with Crippen molar-refractivity contribution >= 4 is 33.1 Å². The minimum Gasteiger partial charge on any atom is -0.386 e. The standard InChI is InChI=1S/C20H21ClFN3O3S/c1-19(2)18(23)25-20(3,11-29(19,27)28)14-8-12(4-6-15(14)22)9-17(26)16-7-5-13(21)10-24-16/h4-8,10H,9,11H2,1-3H3,(H2,23,25)/t20-/m0/s1. The normalized spacial score (nSPS) is 22.7. The molecule has 0 bridgehead atoms. The van der Waals surface area contributed by atoms with E-state index in [0.29, 0.717) is 10.6 Å². The average molecular weight is 438 g/mol. The van der Waals surface area contributed by atoms with Gasteiger partial charge in [0.1, 0.15) is 27.6 Å². The number of hydrogen-bond donors (Lipinski definition) is 1. The lowest BCUT2D eigenvalue weighted by Crippen LogP contribution is -2.55. The van der Waals surface area contributed by atoms with E-state index < -0.39 is 25.9 Å². The van der Waals surface area contributed by atoms with Crippen molar-refractivity contribution in [3.63, 3.8) is 0 Å². The van der Waals surface area contributed by atoms with E-state index in [4.69, 9.17) is 17.3 Å². The molecular weight excluding hydrogens is 417 g/mol. The molecule has 0 fully saturated rings. The number of nitrogens with two attached hydrogens (primary N) is 1. The molecule has 154 valence electrons. The summed E-state index contributed by atoms with van der Waals surface area (Å²) in [6.45, 7) is 4.48. The van der Waals surface area contributed by atoms with Crippen LogP contribution in [0.25, 0.3) is 0 Å². The Morgan fingerprint density at radius 2 is 1.93 bits per heavy atom. The number of aliphatic imine (C=N–C) groups is 1. The van der Waals surface area contributed by atoms with Crippen LogP contribution >= 0.6 is 11.6 Å². The highest BCUT2D eigenvalue weighted by Crippen LogP contribution is 2.38. The van der Waals surface area contributed by atoms with Crippen LogP contribution in [-0.4, -0.2) is 35.5 Å². The third kappa shape index (κ3) is 3.91. The van der Waals surface area contributed by atoms with Crippen molar-refractivity contribution in [1.82, 2.24) is 4.98 Å². The molecule has 1 aliphatic heterocycles. The van der Waals surface area contributed by atoms with Gasteiger partial charge in [0.2, 0.25) is 0 Å². The summed E-state index contributed by atoms with van der Waals surface area (Å²) in [5.74, 6) is -1.34. The van der Waals surface area contributed by atoms with Crippen LogP contribution in [0.4, 0.5) is 4.39 Å². The average Bonchev–Trinajstić information content (AvgIpc) is 2.62. The summed E-state index contributed by atoms with van der Waals surface area (Å²) in [5, 5.41) is 0.412. The summed E-state index contributed by atoms with van der Waals surface area (Å²) in [7, 11) is -3.68. The van der Waals surface area contributed by atoms with Crippen molar-refractivity contribution < 1.29 is 17.6 Å². The molecule has 0 saturated heterocycles. The number of pyridine rings is 1. The van der Waals surface area contributed by atoms with Crippen molar-refractivity contribution in [2.24, 2.45) is 10.7 Å². The van der Waals surface area contributed by atoms with Gasteiger partial charge in [-0.3, -0.25) is 14.8 Å². The zero-order chi connectivity index (χ0) is 21.6. The second kappa shape index (κ2) is 7.18. The molecule has 1 atom stereocenters. The second-order valence-electron chi connectivity index (χ2n) is 7.82. The van der Waals surface area contributed by atoms with E-state index in [1.165, 1.54) is 51.2 Å². The van der Waals surface area contributed by atoms with Gasteiger partial charge in [-0.15, -0.1) is 0 Å². The predicted molar refractivity (Wildman–Crippen MR) is 111 cm³/mol. The molecule has 0 amide bonds. The van der Waals surface area contributed by atoms with E-state index in [-0.39, 0.29) is 35.0 Å². The number of sulfone groups is 1. The van der Waals surface area contributed by atoms with Crippen molar-refractivity contribution in [1.29, 1.82) is 0 Å². The Hall–Kier alpha value is -2.32. The Bertz CT molecular complexity index is 1110. The highest BCUT2D eigenvalue weighted by atomic mass is 35.5. The van der Waals surface area contributed by atoms with Gasteiger partial charge in [0.25, 0.3) is 0 Å². The van der Waals surface area contributed by atoms with Gasteiger partial charge in [0.05, 0.1) is 10.8 Å². The van der Waals surface area contributed by atoms with E-state index in [2.05, 4.69) is 9.98 Å². The highest BCUT2D eigenvalue weighted by Gasteiger charge is 2.49. The minimum absolute atomic E-state index is 0.0323. The quantitative estimate of drug-likeness (QED) is 0.740. The number of carbonyl (C=O) groups excluding carboxylic acids is 1. The summed E-state index contributed by atoms with van der Waals surface area (Å²) in [6.07, 6.45) is 1.34. The number of halogens is 2. The molecule has 0 saturated carbocycles. The molecule has 1 aliphatic rings. The van der Waals surface area contributed by atoms with Crippen LogP contribution in [0.5, 0.6) is 0 Å². The maximum Gasteiger partial charge on any atom is 0.185 e. The molecule has 2 N–H and O–H groups in total. The molecule has 2 aromatic rings. The fraction of sp³-hybridized carbons (Fsp3) is 0.350. The molecule has 2 heterocycles. The molecule has 29 heavy (non-hydrogen) atoms. The van der Waals surface area contributed by atoms with Crippen LogP contribution < -0.4 is 5.73 Å². The van der Waals surface area contributed by atoms with Crippen LogP contribution in [-0.2, 0) is 21.8 Å². The Kier molecular flexibility index (Phi) is 5.29. The Morgan fingerprint density at radius 3 is 2.52 bits per heavy atom. The number of rotatable bonds is 4. The molecule has 1 aromatic carbocycles. The highest BCUT2D eigenvalue weighted by molar-refractivity contribution is 7.93. The van der Waals surface area contributed by atoms with Crippen molar-refractivity contribution in [2.75, 3.05) is 5.75 Å². The van der Waals surface area contributed by atoms with E-state index in [0.717, 1.165) is 0 Å². The number of carbonyl (C=O) groups is 1. The summed E-state index contributed by atoms with van der Waals surface area (Å²) in [4.78, 5) is 20.8. The number of benzene rings is 1. The molecule has 3 rings (SSSR count). The van der Waals surface area contributed by atoms with Gasteiger partial charge in [-0.05, 0) is 50.6 Å². The lowest BCUT2D eigenvalue weighted by Gasteiger charge is -2.38. The number of Topliss-reactive ketones (excluding diaryl/α,β-unsaturated/α-hetero) is 1. The number of nitrogens with zero attached hydrogens (tertiary/aromatic N) is 2. The Labute approximate surface area is 173 Å². The maximum atomic E-state index is 14.7. The van der Waals surface area contributed by atoms with Gasteiger partial charge in [-0.1, -0.05) is 17.7 Å². The first-order valence-electron chi connectivity index (χ1n) is 8.87. The van der Waals surface area contributed by atoms with E-state index >= 15 is 0 Å². The lowest BCUT2D eigenvalue weighted by molar-refractivity contribution is 0.0988. The molecule has 0 spiro atoms. The van der Waals surface area contributed by atoms with E-state index in [1.54, 1.807) is 6.07 Å². The first-order chi connectivity index (χ1) is 13.4. The number of hydrogen-bond acceptors (Lipinski definition) is 6. The Balaban J connectivity index is 1.98. The number of ketones is 1. The van der Waals surface area contributed by atoms with Gasteiger partial charge in [0, 0.05) is 18.2 Å². The van der Waals surface area contributed by atoms with Gasteiger partial charge >= 0.3 is 0 Å². The first kappa shape index (κ1) is 21.4. The molecule has 0 unspecified atom stereocenters. The van der Waals surface area contributed by atoms with Gasteiger partial charge in [-0.25, -0.2) is 12.8 Å². The molecular formula is C20H21ClFN3O3S. The smallest absolute Gasteiger partial charge is 0.185 e. The SMILES string of the molecule is CC1(C)C(N)=N[C@](C)(c2cc(CC(=O)c3ccc(Cl)cn3)ccc2F)CS1(=O)=O. The molecule has 9 heteroatoms. The maximum absolute atomic E-state index is 14.7. The predicted octanol–water partition coefficient (Wildman–Crippen LogP) is 3.08. The van der Waals surface area contributed by atoms with Gasteiger partial charge < -0.3 is 5.73 Å². The van der Waals surface area contributed by atoms with Crippen LogP contribution in [0.3, 0.4) is 0 Å². The van der Waals surface area contributed by atoms with Crippen molar-refractivity contribution in [3.8, 4) is 0 Å². The monoisotopic (exact) mass is 437 g/mol. The zero-order valence-electron chi connectivity index (χ0n) is 16.2. The molecule has 6 nitrogen and oxygen atoms in total. The molecule has 0 aliphatic carbocycles. The van der Waals surface area contributed by atoms with Crippen LogP contribution in [0.2, 0.25) is 5.02 Å². The van der Waals surface area contributed by atoms with Crippen LogP contribution in [0.1, 0.15) is 42.4 Å². The first-order valence-corrected chi connectivity index (χ1v) is 10.9. The summed E-state index contributed by atoms with van der Waals surface area (Å²) >= 11 is 5.78. The molecule has 0 radical (unpaired) electrons. The third-order valence-electron chi connectivity index (χ3n) is 5.22.